The smallest absolute Gasteiger partial charge is 0.212 e. The fourth-order valence-electron chi connectivity index (χ4n) is 4.71. The van der Waals surface area contributed by atoms with E-state index in [-0.39, 0.29) is 29.8 Å². The number of aryl methyl sites for hydroxylation is 1. The molecule has 0 unspecified atom stereocenters. The monoisotopic (exact) mass is 549 g/mol. The van der Waals surface area contributed by atoms with Crippen molar-refractivity contribution in [2.45, 2.75) is 75.0 Å². The molecule has 0 amide bonds. The summed E-state index contributed by atoms with van der Waals surface area (Å²) < 4.78 is 15.9. The molecule has 4 heteroatoms. The summed E-state index contributed by atoms with van der Waals surface area (Å²) in [6.07, 6.45) is 14.9. The van der Waals surface area contributed by atoms with Gasteiger partial charge in [-0.15, -0.1) is 11.8 Å². The lowest BCUT2D eigenvalue weighted by molar-refractivity contribution is -0.673. The molecule has 0 saturated heterocycles. The molecular weight excluding hydrogens is 516 g/mol. The van der Waals surface area contributed by atoms with Gasteiger partial charge in [-0.05, 0) is 42.2 Å². The van der Waals surface area contributed by atoms with Crippen molar-refractivity contribution in [1.82, 2.24) is 0 Å². The zero-order chi connectivity index (χ0) is 20.6. The van der Waals surface area contributed by atoms with E-state index in [1.807, 2.05) is 6.07 Å². The zero-order valence-corrected chi connectivity index (χ0v) is 21.2. The van der Waals surface area contributed by atoms with E-state index in [1.165, 1.54) is 79.7 Å². The van der Waals surface area contributed by atoms with Gasteiger partial charge in [-0.2, -0.15) is 4.57 Å². The topological polar surface area (TPSA) is 3.88 Å². The van der Waals surface area contributed by atoms with Gasteiger partial charge in [0.25, 0.3) is 0 Å². The maximum atomic E-state index is 13.5. The number of benzene rings is 2. The van der Waals surface area contributed by atoms with Gasteiger partial charge in [0.2, 0.25) is 5.52 Å². The third-order valence-corrected chi connectivity index (χ3v) is 7.39. The molecule has 0 spiro atoms. The standard InChI is InChI=1S/C27H33FNS.HI/c28-25-15-9-13-23(18-25)21-30-26-19-24-14-6-7-16-27(24)29(20-26)17-8-2-5-12-22-10-3-1-4-11-22;/h6-7,9,13-16,18-20,22H,1-5,8,10-12,17,21H2;1H/q+1;/p-1. The third kappa shape index (κ3) is 7.45. The van der Waals surface area contributed by atoms with E-state index in [4.69, 9.17) is 0 Å². The molecule has 0 N–H and O–H groups in total. The van der Waals surface area contributed by atoms with Crippen LogP contribution < -0.4 is 28.5 Å². The Bertz CT molecular complexity index is 955. The van der Waals surface area contributed by atoms with Crippen LogP contribution in [0.25, 0.3) is 10.9 Å². The van der Waals surface area contributed by atoms with Gasteiger partial charge in [0.05, 0.1) is 4.90 Å². The van der Waals surface area contributed by atoms with Crippen LogP contribution in [-0.4, -0.2) is 0 Å². The molecule has 1 fully saturated rings. The summed E-state index contributed by atoms with van der Waals surface area (Å²) in [7, 11) is 0. The molecule has 0 aliphatic heterocycles. The van der Waals surface area contributed by atoms with E-state index < -0.39 is 0 Å². The molecule has 1 aromatic heterocycles. The first kappa shape index (κ1) is 24.5. The van der Waals surface area contributed by atoms with Gasteiger partial charge in [0, 0.05) is 23.6 Å². The van der Waals surface area contributed by atoms with Crippen LogP contribution in [0.3, 0.4) is 0 Å². The van der Waals surface area contributed by atoms with E-state index in [9.17, 15) is 4.39 Å². The second kappa shape index (κ2) is 12.8. The second-order valence-corrected chi connectivity index (χ2v) is 9.75. The van der Waals surface area contributed by atoms with Crippen LogP contribution in [0.2, 0.25) is 0 Å². The van der Waals surface area contributed by atoms with Gasteiger partial charge < -0.3 is 24.0 Å². The average molecular weight is 550 g/mol. The first-order valence-electron chi connectivity index (χ1n) is 11.6. The Balaban J connectivity index is 0.00000272. The predicted molar refractivity (Wildman–Crippen MR) is 125 cm³/mol. The van der Waals surface area contributed by atoms with E-state index in [0.717, 1.165) is 23.8 Å². The molecule has 0 radical (unpaired) electrons. The Morgan fingerprint density at radius 2 is 1.74 bits per heavy atom. The van der Waals surface area contributed by atoms with Crippen molar-refractivity contribution in [3.63, 3.8) is 0 Å². The number of unbranched alkanes of at least 4 members (excludes halogenated alkanes) is 2. The summed E-state index contributed by atoms with van der Waals surface area (Å²) in [6, 6.07) is 17.8. The Labute approximate surface area is 207 Å². The van der Waals surface area contributed by atoms with Crippen molar-refractivity contribution >= 4 is 22.7 Å². The molecule has 1 heterocycles. The first-order chi connectivity index (χ1) is 14.8. The minimum absolute atomic E-state index is 0. The van der Waals surface area contributed by atoms with E-state index in [1.54, 1.807) is 23.9 Å². The van der Waals surface area contributed by atoms with Crippen LogP contribution in [-0.2, 0) is 12.3 Å². The number of hydrogen-bond acceptors (Lipinski definition) is 1. The van der Waals surface area contributed by atoms with Gasteiger partial charge in [-0.25, -0.2) is 4.39 Å². The Morgan fingerprint density at radius 1 is 0.903 bits per heavy atom. The molecule has 0 atom stereocenters. The van der Waals surface area contributed by atoms with Crippen LogP contribution >= 0.6 is 11.8 Å². The Kier molecular flexibility index (Phi) is 10.1. The van der Waals surface area contributed by atoms with Crippen LogP contribution in [0.5, 0.6) is 0 Å². The molecule has 3 aromatic rings. The molecule has 1 aliphatic carbocycles. The normalized spacial score (nSPS) is 14.5. The largest absolute Gasteiger partial charge is 1.00 e. The number of aromatic nitrogens is 1. The van der Waals surface area contributed by atoms with E-state index in [0.29, 0.717) is 0 Å². The number of halogens is 2. The van der Waals surface area contributed by atoms with Crippen molar-refractivity contribution in [1.29, 1.82) is 0 Å². The Hall–Kier alpha value is -1.14. The Morgan fingerprint density at radius 3 is 2.58 bits per heavy atom. The van der Waals surface area contributed by atoms with Crippen molar-refractivity contribution < 1.29 is 32.9 Å². The highest BCUT2D eigenvalue weighted by atomic mass is 127. The minimum atomic E-state index is -0.157. The molecular formula is C27H33FINS. The second-order valence-electron chi connectivity index (χ2n) is 8.70. The minimum Gasteiger partial charge on any atom is -1.00 e. The molecule has 31 heavy (non-hydrogen) atoms. The number of hydrogen-bond donors (Lipinski definition) is 0. The number of thioether (sulfide) groups is 1. The van der Waals surface area contributed by atoms with E-state index >= 15 is 0 Å². The number of rotatable bonds is 9. The highest BCUT2D eigenvalue weighted by molar-refractivity contribution is 7.98. The zero-order valence-electron chi connectivity index (χ0n) is 18.2. The molecule has 0 bridgehead atoms. The summed E-state index contributed by atoms with van der Waals surface area (Å²) in [6.45, 7) is 1.07. The number of pyridine rings is 1. The maximum Gasteiger partial charge on any atom is 0.212 e. The summed E-state index contributed by atoms with van der Waals surface area (Å²) in [5.74, 6) is 1.63. The molecule has 166 valence electrons. The lowest BCUT2D eigenvalue weighted by atomic mass is 9.85. The number of para-hydroxylation sites is 1. The fourth-order valence-corrected chi connectivity index (χ4v) is 5.63. The lowest BCUT2D eigenvalue weighted by Crippen LogP contribution is -3.00. The van der Waals surface area contributed by atoms with Crippen molar-refractivity contribution in [2.75, 3.05) is 0 Å². The molecule has 1 nitrogen and oxygen atoms in total. The highest BCUT2D eigenvalue weighted by Gasteiger charge is 2.14. The summed E-state index contributed by atoms with van der Waals surface area (Å²) in [5.41, 5.74) is 2.34. The summed E-state index contributed by atoms with van der Waals surface area (Å²) in [5, 5.41) is 1.28. The maximum absolute atomic E-state index is 13.5. The van der Waals surface area contributed by atoms with Crippen LogP contribution in [0.4, 0.5) is 4.39 Å². The van der Waals surface area contributed by atoms with Crippen LogP contribution in [0.1, 0.15) is 63.4 Å². The van der Waals surface area contributed by atoms with Crippen LogP contribution in [0.15, 0.2) is 65.7 Å². The number of nitrogens with zero attached hydrogens (tertiary/aromatic N) is 1. The predicted octanol–water partition coefficient (Wildman–Crippen LogP) is 4.70. The highest BCUT2D eigenvalue weighted by Crippen LogP contribution is 2.28. The SMILES string of the molecule is Fc1cccc(CSc2cc3ccccc3[n+](CCCCCC3CCCCC3)c2)c1.[I-]. The fraction of sp³-hybridized carbons (Fsp3) is 0.444. The van der Waals surface area contributed by atoms with Gasteiger partial charge in [0.15, 0.2) is 6.20 Å². The molecule has 4 rings (SSSR count). The van der Waals surface area contributed by atoms with Gasteiger partial charge in [-0.1, -0.05) is 69.2 Å². The lowest BCUT2D eigenvalue weighted by Gasteiger charge is -2.21. The van der Waals surface area contributed by atoms with Crippen molar-refractivity contribution in [2.24, 2.45) is 5.92 Å². The molecule has 2 aromatic carbocycles. The van der Waals surface area contributed by atoms with E-state index in [2.05, 4.69) is 41.1 Å². The van der Waals surface area contributed by atoms with Gasteiger partial charge in [-0.3, -0.25) is 0 Å². The van der Waals surface area contributed by atoms with Gasteiger partial charge in [0.1, 0.15) is 12.4 Å². The average Bonchev–Trinajstić information content (AvgIpc) is 2.78. The number of fused-ring (bicyclic) bond motifs is 1. The van der Waals surface area contributed by atoms with Crippen molar-refractivity contribution in [3.8, 4) is 0 Å². The van der Waals surface area contributed by atoms with Gasteiger partial charge >= 0.3 is 0 Å². The summed E-state index contributed by atoms with van der Waals surface area (Å²) in [4.78, 5) is 1.25. The third-order valence-electron chi connectivity index (χ3n) is 6.36. The molecule has 1 aliphatic rings. The summed E-state index contributed by atoms with van der Waals surface area (Å²) >= 11 is 1.79. The van der Waals surface area contributed by atoms with Crippen LogP contribution in [0, 0.1) is 11.7 Å². The van der Waals surface area contributed by atoms with Crippen molar-refractivity contribution in [3.05, 3.63) is 72.2 Å². The quantitative estimate of drug-likeness (QED) is 0.162. The molecule has 1 saturated carbocycles. The first-order valence-corrected chi connectivity index (χ1v) is 12.6.